The third-order valence-corrected chi connectivity index (χ3v) is 6.77. The molecule has 0 radical (unpaired) electrons. The van der Waals surface area contributed by atoms with Crippen LogP contribution < -0.4 is 0 Å². The van der Waals surface area contributed by atoms with Gasteiger partial charge in [-0.05, 0) is 16.7 Å². The zero-order valence-corrected chi connectivity index (χ0v) is 19.2. The van der Waals surface area contributed by atoms with Crippen LogP contribution in [0.5, 0.6) is 0 Å². The fourth-order valence-electron chi connectivity index (χ4n) is 4.97. The second kappa shape index (κ2) is 10.4. The molecule has 6 heteroatoms. The summed E-state index contributed by atoms with van der Waals surface area (Å²) >= 11 is 0. The second-order valence-corrected chi connectivity index (χ2v) is 9.04. The smallest absolute Gasteiger partial charge is 0.187 e. The van der Waals surface area contributed by atoms with Crippen molar-refractivity contribution in [2.45, 2.75) is 55.1 Å². The predicted octanol–water partition coefficient (Wildman–Crippen LogP) is 2.27. The van der Waals surface area contributed by atoms with Crippen LogP contribution >= 0.6 is 0 Å². The first kappa shape index (κ1) is 24.5. The summed E-state index contributed by atoms with van der Waals surface area (Å²) in [5.41, 5.74) is -1.73. The third kappa shape index (κ3) is 4.79. The van der Waals surface area contributed by atoms with E-state index in [4.69, 9.17) is 9.47 Å². The number of hydrogen-bond acceptors (Lipinski definition) is 6. The topological polar surface area (TPSA) is 99.4 Å². The highest BCUT2D eigenvalue weighted by atomic mass is 16.7. The Hall–Kier alpha value is -2.58. The van der Waals surface area contributed by atoms with E-state index in [1.54, 1.807) is 0 Å². The minimum atomic E-state index is -2.10. The van der Waals surface area contributed by atoms with E-state index in [1.807, 2.05) is 91.0 Å². The van der Waals surface area contributed by atoms with Crippen molar-refractivity contribution in [2.24, 2.45) is 0 Å². The summed E-state index contributed by atoms with van der Waals surface area (Å²) in [6.07, 6.45) is -4.90. The average molecular weight is 465 g/mol. The number of methoxy groups -OCH3 is 1. The van der Waals surface area contributed by atoms with Crippen LogP contribution in [0.4, 0.5) is 0 Å². The highest BCUT2D eigenvalue weighted by molar-refractivity contribution is 5.27. The zero-order valence-electron chi connectivity index (χ0n) is 19.2. The lowest BCUT2D eigenvalue weighted by Crippen LogP contribution is -2.77. The Kier molecular flexibility index (Phi) is 7.48. The van der Waals surface area contributed by atoms with Crippen LogP contribution in [-0.4, -0.2) is 63.3 Å². The van der Waals surface area contributed by atoms with Crippen LogP contribution in [0.1, 0.15) is 16.7 Å². The highest BCUT2D eigenvalue weighted by Gasteiger charge is 2.65. The summed E-state index contributed by atoms with van der Waals surface area (Å²) < 4.78 is 11.5. The van der Waals surface area contributed by atoms with E-state index in [9.17, 15) is 20.4 Å². The van der Waals surface area contributed by atoms with Crippen LogP contribution in [0.15, 0.2) is 91.0 Å². The fourth-order valence-corrected chi connectivity index (χ4v) is 4.97. The molecule has 1 heterocycles. The molecule has 34 heavy (non-hydrogen) atoms. The van der Waals surface area contributed by atoms with Gasteiger partial charge in [-0.1, -0.05) is 91.0 Å². The van der Waals surface area contributed by atoms with E-state index in [-0.39, 0.29) is 19.3 Å². The minimum Gasteiger partial charge on any atom is -0.390 e. The van der Waals surface area contributed by atoms with Gasteiger partial charge in [-0.25, -0.2) is 0 Å². The van der Waals surface area contributed by atoms with Crippen molar-refractivity contribution in [1.82, 2.24) is 0 Å². The molecule has 6 nitrogen and oxygen atoms in total. The van der Waals surface area contributed by atoms with Crippen LogP contribution in [0.25, 0.3) is 0 Å². The number of hydrogen-bond donors (Lipinski definition) is 4. The molecule has 3 aromatic rings. The summed E-state index contributed by atoms with van der Waals surface area (Å²) in [4.78, 5) is 0. The van der Waals surface area contributed by atoms with Crippen LogP contribution in [0.2, 0.25) is 0 Å². The number of rotatable bonds is 8. The number of benzene rings is 3. The van der Waals surface area contributed by atoms with Crippen LogP contribution in [0.3, 0.4) is 0 Å². The number of aliphatic hydroxyl groups excluding tert-OH is 2. The van der Waals surface area contributed by atoms with Gasteiger partial charge in [-0.2, -0.15) is 0 Å². The maximum atomic E-state index is 12.2. The van der Waals surface area contributed by atoms with Gasteiger partial charge in [0.2, 0.25) is 0 Å². The molecule has 0 amide bonds. The molecule has 4 N–H and O–H groups in total. The van der Waals surface area contributed by atoms with E-state index >= 15 is 0 Å². The second-order valence-electron chi connectivity index (χ2n) is 9.04. The first-order chi connectivity index (χ1) is 16.4. The van der Waals surface area contributed by atoms with Gasteiger partial charge in [0.15, 0.2) is 11.9 Å². The Balaban J connectivity index is 1.73. The molecule has 0 saturated carbocycles. The summed E-state index contributed by atoms with van der Waals surface area (Å²) in [5.74, 6) is 0. The number of aliphatic hydroxyl groups is 4. The van der Waals surface area contributed by atoms with E-state index in [1.165, 1.54) is 7.11 Å². The highest BCUT2D eigenvalue weighted by Crippen LogP contribution is 2.44. The van der Waals surface area contributed by atoms with Crippen molar-refractivity contribution in [1.29, 1.82) is 0 Å². The Morgan fingerprint density at radius 2 is 1.21 bits per heavy atom. The lowest BCUT2D eigenvalue weighted by molar-refractivity contribution is -0.373. The molecule has 180 valence electrons. The average Bonchev–Trinajstić information content (AvgIpc) is 2.84. The maximum Gasteiger partial charge on any atom is 0.187 e. The first-order valence-electron chi connectivity index (χ1n) is 11.5. The number of ether oxygens (including phenoxy) is 2. The normalized spacial score (nSPS) is 30.1. The van der Waals surface area contributed by atoms with Crippen molar-refractivity contribution < 1.29 is 29.9 Å². The molecule has 1 fully saturated rings. The van der Waals surface area contributed by atoms with Crippen LogP contribution in [-0.2, 0) is 28.7 Å². The Morgan fingerprint density at radius 3 is 1.68 bits per heavy atom. The van der Waals surface area contributed by atoms with E-state index < -0.39 is 35.8 Å². The lowest BCUT2D eigenvalue weighted by Gasteiger charge is -2.56. The standard InChI is InChI=1S/C28H32O6/c1-33-25-24(23(29)17-20-11-5-2-6-12-20)34-26(30)28(32,19-22-15-9-4-10-16-22)27(25,31)18-21-13-7-3-8-14-21/h2-16,23-26,29-32H,17-19H2,1H3/t23?,24-,25-,26?,27+,28+/m1/s1. The predicted molar refractivity (Wildman–Crippen MR) is 128 cm³/mol. The molecule has 1 aliphatic heterocycles. The van der Waals surface area contributed by atoms with Gasteiger partial charge < -0.3 is 29.9 Å². The summed E-state index contributed by atoms with van der Waals surface area (Å²) in [6.45, 7) is 0. The van der Waals surface area contributed by atoms with Crippen molar-refractivity contribution in [2.75, 3.05) is 7.11 Å². The molecule has 1 aliphatic rings. The maximum absolute atomic E-state index is 12.2. The van der Waals surface area contributed by atoms with Crippen molar-refractivity contribution in [3.05, 3.63) is 108 Å². The van der Waals surface area contributed by atoms with Gasteiger partial charge in [0.05, 0.1) is 6.10 Å². The molecule has 0 aromatic heterocycles. The van der Waals surface area contributed by atoms with Gasteiger partial charge in [0, 0.05) is 26.4 Å². The first-order valence-corrected chi connectivity index (χ1v) is 11.5. The Labute approximate surface area is 200 Å². The van der Waals surface area contributed by atoms with Gasteiger partial charge in [0.25, 0.3) is 0 Å². The van der Waals surface area contributed by atoms with E-state index in [2.05, 4.69) is 0 Å². The lowest BCUT2D eigenvalue weighted by atomic mass is 9.67. The van der Waals surface area contributed by atoms with Crippen molar-refractivity contribution in [3.63, 3.8) is 0 Å². The van der Waals surface area contributed by atoms with E-state index in [0.29, 0.717) is 0 Å². The molecule has 4 rings (SSSR count). The van der Waals surface area contributed by atoms with Gasteiger partial charge in [-0.15, -0.1) is 0 Å². The fraction of sp³-hybridized carbons (Fsp3) is 0.357. The molecule has 0 aliphatic carbocycles. The van der Waals surface area contributed by atoms with Crippen LogP contribution in [0, 0.1) is 0 Å². The molecule has 1 saturated heterocycles. The molecule has 0 spiro atoms. The quantitative estimate of drug-likeness (QED) is 0.408. The van der Waals surface area contributed by atoms with Gasteiger partial charge in [-0.3, -0.25) is 0 Å². The SMILES string of the molecule is CO[C@@H]1[C@@H](C(O)Cc2ccccc2)OC(O)[C@@](O)(Cc2ccccc2)[C@]1(O)Cc1ccccc1. The molecule has 6 atom stereocenters. The summed E-state index contributed by atoms with van der Waals surface area (Å²) in [6, 6.07) is 27.7. The molecule has 0 bridgehead atoms. The minimum absolute atomic E-state index is 0.00927. The molecule has 3 aromatic carbocycles. The summed E-state index contributed by atoms with van der Waals surface area (Å²) in [5, 5.41) is 46.3. The van der Waals surface area contributed by atoms with Gasteiger partial charge in [0.1, 0.15) is 17.8 Å². The molecule has 2 unspecified atom stereocenters. The van der Waals surface area contributed by atoms with Crippen molar-refractivity contribution in [3.8, 4) is 0 Å². The molecular weight excluding hydrogens is 432 g/mol. The van der Waals surface area contributed by atoms with Crippen molar-refractivity contribution >= 4 is 0 Å². The van der Waals surface area contributed by atoms with E-state index in [0.717, 1.165) is 16.7 Å². The largest absolute Gasteiger partial charge is 0.390 e. The summed E-state index contributed by atoms with van der Waals surface area (Å²) in [7, 11) is 1.41. The Morgan fingerprint density at radius 1 is 0.765 bits per heavy atom. The third-order valence-electron chi connectivity index (χ3n) is 6.77. The zero-order chi connectivity index (χ0) is 24.2. The molecular formula is C28H32O6. The van der Waals surface area contributed by atoms with Gasteiger partial charge >= 0.3 is 0 Å². The Bertz CT molecular complexity index is 1030. The monoisotopic (exact) mass is 464 g/mol.